The first-order chi connectivity index (χ1) is 10.0. The Bertz CT molecular complexity index is 695. The van der Waals surface area contributed by atoms with Crippen LogP contribution in [0.15, 0.2) is 53.7 Å². The summed E-state index contributed by atoms with van der Waals surface area (Å²) in [5.74, 6) is -0.184. The van der Waals surface area contributed by atoms with Crippen LogP contribution in [0.5, 0.6) is 0 Å². The zero-order chi connectivity index (χ0) is 15.4. The van der Waals surface area contributed by atoms with Gasteiger partial charge in [-0.2, -0.15) is 0 Å². The van der Waals surface area contributed by atoms with Gasteiger partial charge in [-0.3, -0.25) is 4.79 Å². The maximum atomic E-state index is 12.5. The van der Waals surface area contributed by atoms with Crippen molar-refractivity contribution >= 4 is 17.4 Å². The number of carbonyl (C=O) groups is 1. The van der Waals surface area contributed by atoms with Crippen LogP contribution in [0, 0.1) is 6.92 Å². The lowest BCUT2D eigenvalue weighted by Crippen LogP contribution is -2.26. The number of benzene rings is 2. The van der Waals surface area contributed by atoms with Gasteiger partial charge in [0.25, 0.3) is 5.91 Å². The molecule has 5 nitrogen and oxygen atoms in total. The third kappa shape index (κ3) is 3.20. The van der Waals surface area contributed by atoms with E-state index in [0.717, 1.165) is 11.3 Å². The van der Waals surface area contributed by atoms with Crippen LogP contribution >= 0.6 is 0 Å². The number of carbonyl (C=O) groups excluding carboxylic acids is 1. The topological polar surface area (TPSA) is 78.9 Å². The van der Waals surface area contributed by atoms with Crippen LogP contribution in [0.25, 0.3) is 0 Å². The van der Waals surface area contributed by atoms with E-state index < -0.39 is 0 Å². The fourth-order valence-electron chi connectivity index (χ4n) is 2.02. The lowest BCUT2D eigenvalue weighted by molar-refractivity contribution is 0.0993. The van der Waals surface area contributed by atoms with Crippen LogP contribution in [0.1, 0.15) is 21.5 Å². The van der Waals surface area contributed by atoms with Crippen molar-refractivity contribution in [2.24, 2.45) is 10.9 Å². The van der Waals surface area contributed by atoms with Gasteiger partial charge in [0, 0.05) is 23.9 Å². The molecule has 0 aliphatic heterocycles. The zero-order valence-corrected chi connectivity index (χ0v) is 11.9. The third-order valence-corrected chi connectivity index (χ3v) is 3.21. The molecule has 2 aromatic carbocycles. The largest absolute Gasteiger partial charge is 0.409 e. The highest BCUT2D eigenvalue weighted by Crippen LogP contribution is 2.17. The fourth-order valence-corrected chi connectivity index (χ4v) is 2.02. The number of hydrogen-bond donors (Lipinski definition) is 2. The SMILES string of the molecule is Cc1cccc(N(C)C(=O)c2cccc(C(N)=NO)c2)c1. The Labute approximate surface area is 123 Å². The highest BCUT2D eigenvalue weighted by atomic mass is 16.4. The Balaban J connectivity index is 2.32. The Morgan fingerprint density at radius 2 is 1.81 bits per heavy atom. The Morgan fingerprint density at radius 1 is 1.14 bits per heavy atom. The van der Waals surface area contributed by atoms with Crippen LogP contribution in [-0.4, -0.2) is 24.0 Å². The van der Waals surface area contributed by atoms with Gasteiger partial charge in [-0.05, 0) is 36.8 Å². The van der Waals surface area contributed by atoms with E-state index in [1.54, 1.807) is 36.2 Å². The van der Waals surface area contributed by atoms with E-state index in [0.29, 0.717) is 11.1 Å². The van der Waals surface area contributed by atoms with Gasteiger partial charge in [-0.15, -0.1) is 0 Å². The molecule has 21 heavy (non-hydrogen) atoms. The Kier molecular flexibility index (Phi) is 4.23. The first kappa shape index (κ1) is 14.6. The average molecular weight is 283 g/mol. The van der Waals surface area contributed by atoms with Gasteiger partial charge < -0.3 is 15.8 Å². The highest BCUT2D eigenvalue weighted by Gasteiger charge is 2.14. The van der Waals surface area contributed by atoms with Gasteiger partial charge in [0.05, 0.1) is 0 Å². The Morgan fingerprint density at radius 3 is 2.48 bits per heavy atom. The first-order valence-electron chi connectivity index (χ1n) is 6.45. The molecule has 5 heteroatoms. The summed E-state index contributed by atoms with van der Waals surface area (Å²) in [6, 6.07) is 14.4. The first-order valence-corrected chi connectivity index (χ1v) is 6.45. The molecule has 3 N–H and O–H groups in total. The van der Waals surface area contributed by atoms with Crippen molar-refractivity contribution in [2.75, 3.05) is 11.9 Å². The van der Waals surface area contributed by atoms with Gasteiger partial charge in [0.1, 0.15) is 0 Å². The lowest BCUT2D eigenvalue weighted by atomic mass is 10.1. The summed E-state index contributed by atoms with van der Waals surface area (Å²) in [6.07, 6.45) is 0. The van der Waals surface area contributed by atoms with Crippen LogP contribution in [-0.2, 0) is 0 Å². The van der Waals surface area contributed by atoms with Crippen molar-refractivity contribution < 1.29 is 10.0 Å². The molecule has 0 radical (unpaired) electrons. The molecule has 2 rings (SSSR count). The number of amides is 1. The average Bonchev–Trinajstić information content (AvgIpc) is 2.52. The summed E-state index contributed by atoms with van der Waals surface area (Å²) in [5.41, 5.74) is 8.42. The normalized spacial score (nSPS) is 11.2. The molecular weight excluding hydrogens is 266 g/mol. The summed E-state index contributed by atoms with van der Waals surface area (Å²) in [4.78, 5) is 14.1. The number of nitrogens with zero attached hydrogens (tertiary/aromatic N) is 2. The van der Waals surface area contributed by atoms with E-state index in [9.17, 15) is 4.79 Å². The molecule has 0 aromatic heterocycles. The van der Waals surface area contributed by atoms with Crippen LogP contribution < -0.4 is 10.6 Å². The van der Waals surface area contributed by atoms with Crippen LogP contribution in [0.3, 0.4) is 0 Å². The maximum absolute atomic E-state index is 12.5. The molecule has 0 heterocycles. The van der Waals surface area contributed by atoms with E-state index in [1.165, 1.54) is 0 Å². The van der Waals surface area contributed by atoms with E-state index in [1.807, 2.05) is 31.2 Å². The van der Waals surface area contributed by atoms with Gasteiger partial charge in [-0.25, -0.2) is 0 Å². The highest BCUT2D eigenvalue weighted by molar-refractivity contribution is 6.07. The minimum Gasteiger partial charge on any atom is -0.409 e. The van der Waals surface area contributed by atoms with Crippen molar-refractivity contribution in [3.05, 3.63) is 65.2 Å². The molecule has 108 valence electrons. The van der Waals surface area contributed by atoms with Crippen molar-refractivity contribution in [1.82, 2.24) is 0 Å². The molecule has 0 fully saturated rings. The summed E-state index contributed by atoms with van der Waals surface area (Å²) >= 11 is 0. The molecule has 1 amide bonds. The quantitative estimate of drug-likeness (QED) is 0.393. The maximum Gasteiger partial charge on any atom is 0.258 e. The van der Waals surface area contributed by atoms with Crippen molar-refractivity contribution in [1.29, 1.82) is 0 Å². The molecular formula is C16H17N3O2. The van der Waals surface area contributed by atoms with Crippen molar-refractivity contribution in [3.63, 3.8) is 0 Å². The van der Waals surface area contributed by atoms with Crippen LogP contribution in [0.2, 0.25) is 0 Å². The van der Waals surface area contributed by atoms with E-state index in [4.69, 9.17) is 10.9 Å². The molecule has 0 unspecified atom stereocenters. The number of amidine groups is 1. The fraction of sp³-hybridized carbons (Fsp3) is 0.125. The molecule has 0 saturated carbocycles. The van der Waals surface area contributed by atoms with E-state index in [2.05, 4.69) is 5.16 Å². The number of hydrogen-bond acceptors (Lipinski definition) is 3. The number of oxime groups is 1. The second-order valence-electron chi connectivity index (χ2n) is 4.77. The molecule has 0 aliphatic carbocycles. The minimum absolute atomic E-state index is 0.0251. The number of aryl methyl sites for hydroxylation is 1. The predicted octanol–water partition coefficient (Wildman–Crippen LogP) is 2.37. The van der Waals surface area contributed by atoms with Gasteiger partial charge in [0.15, 0.2) is 5.84 Å². The molecule has 2 aromatic rings. The van der Waals surface area contributed by atoms with Gasteiger partial charge in [0.2, 0.25) is 0 Å². The zero-order valence-electron chi connectivity index (χ0n) is 11.9. The van der Waals surface area contributed by atoms with E-state index >= 15 is 0 Å². The molecule has 0 atom stereocenters. The second kappa shape index (κ2) is 6.09. The van der Waals surface area contributed by atoms with Crippen LogP contribution in [0.4, 0.5) is 5.69 Å². The number of anilines is 1. The lowest BCUT2D eigenvalue weighted by Gasteiger charge is -2.18. The smallest absolute Gasteiger partial charge is 0.258 e. The van der Waals surface area contributed by atoms with Crippen molar-refractivity contribution in [2.45, 2.75) is 6.92 Å². The molecule has 0 saturated heterocycles. The number of rotatable bonds is 3. The van der Waals surface area contributed by atoms with Gasteiger partial charge in [-0.1, -0.05) is 29.4 Å². The van der Waals surface area contributed by atoms with Gasteiger partial charge >= 0.3 is 0 Å². The summed E-state index contributed by atoms with van der Waals surface area (Å²) in [7, 11) is 1.72. The van der Waals surface area contributed by atoms with Crippen molar-refractivity contribution in [3.8, 4) is 0 Å². The monoisotopic (exact) mass is 283 g/mol. The summed E-state index contributed by atoms with van der Waals surface area (Å²) < 4.78 is 0. The molecule has 0 aliphatic rings. The standard InChI is InChI=1S/C16H17N3O2/c1-11-5-3-8-14(9-11)19(2)16(20)13-7-4-6-12(10-13)15(17)18-21/h3-10,21H,1-2H3,(H2,17,18). The molecule has 0 bridgehead atoms. The second-order valence-corrected chi connectivity index (χ2v) is 4.77. The predicted molar refractivity (Wildman–Crippen MR) is 82.9 cm³/mol. The third-order valence-electron chi connectivity index (χ3n) is 3.21. The number of nitrogens with two attached hydrogens (primary N) is 1. The summed E-state index contributed by atoms with van der Waals surface area (Å²) in [6.45, 7) is 1.97. The summed E-state index contributed by atoms with van der Waals surface area (Å²) in [5, 5.41) is 11.6. The minimum atomic E-state index is -0.159. The molecule has 0 spiro atoms. The van der Waals surface area contributed by atoms with E-state index in [-0.39, 0.29) is 11.7 Å². The Hall–Kier alpha value is -2.82.